The molecule has 9 heteroatoms. The van der Waals surface area contributed by atoms with Gasteiger partial charge in [0.25, 0.3) is 11.1 Å². The van der Waals surface area contributed by atoms with E-state index < -0.39 is 0 Å². The molecule has 1 aromatic heterocycles. The van der Waals surface area contributed by atoms with Crippen molar-refractivity contribution in [3.05, 3.63) is 38.9 Å². The predicted molar refractivity (Wildman–Crippen MR) is 103 cm³/mol. The van der Waals surface area contributed by atoms with E-state index in [0.29, 0.717) is 43.3 Å². The van der Waals surface area contributed by atoms with Gasteiger partial charge in [0.1, 0.15) is 6.79 Å². The molecule has 0 aliphatic carbocycles. The minimum atomic E-state index is -0.330. The van der Waals surface area contributed by atoms with Crippen molar-refractivity contribution in [1.29, 1.82) is 0 Å². The van der Waals surface area contributed by atoms with Crippen molar-refractivity contribution in [2.45, 2.75) is 25.7 Å². The largest absolute Gasteiger partial charge is 0.385 e. The molecule has 1 aromatic carbocycles. The Balaban J connectivity index is 1.62. The maximum absolute atomic E-state index is 11.8. The van der Waals surface area contributed by atoms with E-state index >= 15 is 0 Å². The second kappa shape index (κ2) is 11.1. The van der Waals surface area contributed by atoms with Crippen LogP contribution in [0.5, 0.6) is 0 Å². The highest BCUT2D eigenvalue weighted by Gasteiger charge is 2.04. The summed E-state index contributed by atoms with van der Waals surface area (Å²) in [6, 6.07) is 5.06. The van der Waals surface area contributed by atoms with E-state index in [9.17, 15) is 14.4 Å². The number of unbranched alkanes of at least 4 members (excludes halogenated alkanes) is 1. The lowest BCUT2D eigenvalue weighted by Gasteiger charge is -2.08. The Morgan fingerprint density at radius 3 is 2.56 bits per heavy atom. The van der Waals surface area contributed by atoms with Crippen LogP contribution in [0.1, 0.15) is 25.7 Å². The predicted octanol–water partition coefficient (Wildman–Crippen LogP) is 0.925. The SMILES string of the molecule is COCOCCCC(=O)NCCCCNc1ccc2c(=O)[nH][nH]c(=O)c2c1. The number of amides is 1. The van der Waals surface area contributed by atoms with Crippen LogP contribution in [0.2, 0.25) is 0 Å². The number of H-pyrrole nitrogens is 2. The first-order valence-electron chi connectivity index (χ1n) is 8.94. The van der Waals surface area contributed by atoms with Gasteiger partial charge in [0, 0.05) is 38.9 Å². The highest BCUT2D eigenvalue weighted by atomic mass is 16.7. The average molecular weight is 378 g/mol. The molecule has 0 saturated heterocycles. The minimum absolute atomic E-state index is 0.0166. The molecule has 0 bridgehead atoms. The summed E-state index contributed by atoms with van der Waals surface area (Å²) in [4.78, 5) is 35.1. The van der Waals surface area contributed by atoms with Crippen LogP contribution >= 0.6 is 0 Å². The van der Waals surface area contributed by atoms with Gasteiger partial charge in [0.15, 0.2) is 0 Å². The summed E-state index contributed by atoms with van der Waals surface area (Å²) in [5.41, 5.74) is 0.124. The van der Waals surface area contributed by atoms with Gasteiger partial charge in [-0.2, -0.15) is 0 Å². The molecule has 27 heavy (non-hydrogen) atoms. The molecule has 148 valence electrons. The van der Waals surface area contributed by atoms with Crippen molar-refractivity contribution < 1.29 is 14.3 Å². The monoisotopic (exact) mass is 378 g/mol. The quantitative estimate of drug-likeness (QED) is 0.322. The Morgan fingerprint density at radius 2 is 1.78 bits per heavy atom. The number of fused-ring (bicyclic) bond motifs is 1. The van der Waals surface area contributed by atoms with Crippen molar-refractivity contribution in [2.24, 2.45) is 0 Å². The van der Waals surface area contributed by atoms with Crippen LogP contribution in [0.4, 0.5) is 5.69 Å². The van der Waals surface area contributed by atoms with E-state index in [-0.39, 0.29) is 23.8 Å². The molecule has 0 radical (unpaired) electrons. The van der Waals surface area contributed by atoms with Crippen molar-refractivity contribution in [3.63, 3.8) is 0 Å². The van der Waals surface area contributed by atoms with Gasteiger partial charge in [-0.05, 0) is 37.5 Å². The van der Waals surface area contributed by atoms with E-state index in [1.807, 2.05) is 0 Å². The lowest BCUT2D eigenvalue weighted by atomic mass is 10.1. The smallest absolute Gasteiger partial charge is 0.270 e. The molecule has 0 atom stereocenters. The number of ether oxygens (including phenoxy) is 2. The molecule has 0 unspecified atom stereocenters. The summed E-state index contributed by atoms with van der Waals surface area (Å²) < 4.78 is 9.88. The molecule has 0 fully saturated rings. The number of anilines is 1. The number of carbonyl (C=O) groups excluding carboxylic acids is 1. The molecule has 1 amide bonds. The van der Waals surface area contributed by atoms with Crippen molar-refractivity contribution in [2.75, 3.05) is 38.9 Å². The van der Waals surface area contributed by atoms with Crippen LogP contribution in [0, 0.1) is 0 Å². The summed E-state index contributed by atoms with van der Waals surface area (Å²) in [7, 11) is 1.56. The summed E-state index contributed by atoms with van der Waals surface area (Å²) >= 11 is 0. The maximum Gasteiger partial charge on any atom is 0.270 e. The number of methoxy groups -OCH3 is 1. The van der Waals surface area contributed by atoms with Crippen molar-refractivity contribution >= 4 is 22.4 Å². The van der Waals surface area contributed by atoms with Crippen LogP contribution < -0.4 is 21.8 Å². The normalized spacial score (nSPS) is 10.9. The molecule has 9 nitrogen and oxygen atoms in total. The van der Waals surface area contributed by atoms with Gasteiger partial charge in [0.2, 0.25) is 5.91 Å². The standard InChI is InChI=1S/C18H26N4O5/c1-26-12-27-10-4-5-16(23)20-9-3-2-8-19-13-6-7-14-15(11-13)18(25)22-21-17(14)24/h6-7,11,19H,2-5,8-10,12H2,1H3,(H,20,23)(H,21,24)(H,22,25). The third-order valence-corrected chi connectivity index (χ3v) is 3.95. The van der Waals surface area contributed by atoms with Crippen LogP contribution in [-0.4, -0.2) is 49.7 Å². The van der Waals surface area contributed by atoms with Gasteiger partial charge >= 0.3 is 0 Å². The van der Waals surface area contributed by atoms with E-state index in [2.05, 4.69) is 20.8 Å². The fraction of sp³-hybridized carbons (Fsp3) is 0.500. The van der Waals surface area contributed by atoms with Gasteiger partial charge in [-0.1, -0.05) is 0 Å². The first-order valence-corrected chi connectivity index (χ1v) is 8.94. The summed E-state index contributed by atoms with van der Waals surface area (Å²) in [6.45, 7) is 2.07. The number of benzene rings is 1. The fourth-order valence-corrected chi connectivity index (χ4v) is 2.56. The topological polar surface area (TPSA) is 125 Å². The van der Waals surface area contributed by atoms with E-state index in [4.69, 9.17) is 9.47 Å². The zero-order valence-corrected chi connectivity index (χ0v) is 15.4. The molecule has 0 aliphatic heterocycles. The Morgan fingerprint density at radius 1 is 1.04 bits per heavy atom. The van der Waals surface area contributed by atoms with Crippen LogP contribution in [-0.2, 0) is 14.3 Å². The van der Waals surface area contributed by atoms with Gasteiger partial charge in [-0.3, -0.25) is 24.6 Å². The minimum Gasteiger partial charge on any atom is -0.385 e. The summed E-state index contributed by atoms with van der Waals surface area (Å²) in [6.07, 6.45) is 2.81. The van der Waals surface area contributed by atoms with E-state index in [1.54, 1.807) is 25.3 Å². The number of hydrogen-bond acceptors (Lipinski definition) is 6. The molecule has 2 aromatic rings. The number of nitrogens with one attached hydrogen (secondary N) is 4. The number of aromatic nitrogens is 2. The molecule has 0 saturated carbocycles. The lowest BCUT2D eigenvalue weighted by molar-refractivity contribution is -0.121. The molecule has 4 N–H and O–H groups in total. The Kier molecular flexibility index (Phi) is 8.53. The zero-order valence-electron chi connectivity index (χ0n) is 15.4. The maximum atomic E-state index is 11.8. The number of carbonyl (C=O) groups is 1. The molecular formula is C18H26N4O5. The number of aromatic amines is 2. The van der Waals surface area contributed by atoms with Crippen LogP contribution in [0.15, 0.2) is 27.8 Å². The van der Waals surface area contributed by atoms with E-state index in [0.717, 1.165) is 18.5 Å². The first-order chi connectivity index (χ1) is 13.1. The van der Waals surface area contributed by atoms with Gasteiger partial charge in [-0.25, -0.2) is 0 Å². The molecule has 2 rings (SSSR count). The van der Waals surface area contributed by atoms with Gasteiger partial charge < -0.3 is 20.1 Å². The summed E-state index contributed by atoms with van der Waals surface area (Å²) in [5, 5.41) is 11.4. The van der Waals surface area contributed by atoms with Crippen molar-refractivity contribution in [3.8, 4) is 0 Å². The molecular weight excluding hydrogens is 352 g/mol. The number of rotatable bonds is 12. The molecule has 0 aliphatic rings. The Bertz CT molecular complexity index is 845. The summed E-state index contributed by atoms with van der Waals surface area (Å²) in [5.74, 6) is 0.0166. The number of hydrogen-bond donors (Lipinski definition) is 4. The average Bonchev–Trinajstić information content (AvgIpc) is 2.67. The lowest BCUT2D eigenvalue weighted by Crippen LogP contribution is -2.24. The zero-order chi connectivity index (χ0) is 19.5. The van der Waals surface area contributed by atoms with E-state index in [1.165, 1.54) is 0 Å². The third kappa shape index (κ3) is 6.87. The second-order valence-corrected chi connectivity index (χ2v) is 6.07. The Hall–Kier alpha value is -2.65. The van der Waals surface area contributed by atoms with Gasteiger partial charge in [0.05, 0.1) is 10.8 Å². The van der Waals surface area contributed by atoms with Crippen molar-refractivity contribution in [1.82, 2.24) is 15.5 Å². The fourth-order valence-electron chi connectivity index (χ4n) is 2.56. The highest BCUT2D eigenvalue weighted by Crippen LogP contribution is 2.13. The van der Waals surface area contributed by atoms with Crippen LogP contribution in [0.3, 0.4) is 0 Å². The van der Waals surface area contributed by atoms with Gasteiger partial charge in [-0.15, -0.1) is 0 Å². The Labute approximate surface area is 156 Å². The highest BCUT2D eigenvalue weighted by molar-refractivity contribution is 5.83. The first kappa shape index (κ1) is 20.7. The second-order valence-electron chi connectivity index (χ2n) is 6.07. The third-order valence-electron chi connectivity index (χ3n) is 3.95. The molecule has 0 spiro atoms. The molecule has 1 heterocycles. The van der Waals surface area contributed by atoms with Crippen LogP contribution in [0.25, 0.3) is 10.8 Å².